The van der Waals surface area contributed by atoms with E-state index in [1.807, 2.05) is 0 Å². The minimum atomic E-state index is -0.0136. The van der Waals surface area contributed by atoms with Gasteiger partial charge >= 0.3 is 0 Å². The molecule has 7 nitrogen and oxygen atoms in total. The van der Waals surface area contributed by atoms with Gasteiger partial charge < -0.3 is 19.2 Å². The fourth-order valence-corrected chi connectivity index (χ4v) is 2.51. The van der Waals surface area contributed by atoms with Crippen molar-refractivity contribution in [3.8, 4) is 23.0 Å². The number of nitrogens with one attached hydrogen (secondary N) is 1. The molecular formula is C15H17N3O4S. The molecule has 1 aliphatic rings. The number of methoxy groups -OCH3 is 2. The van der Waals surface area contributed by atoms with Crippen molar-refractivity contribution in [1.29, 1.82) is 0 Å². The largest absolute Gasteiger partial charge is 0.497 e. The lowest BCUT2D eigenvalue weighted by atomic mass is 10.2. The highest BCUT2D eigenvalue weighted by Crippen LogP contribution is 2.30. The summed E-state index contributed by atoms with van der Waals surface area (Å²) in [5, 5.41) is 11.2. The number of thioether (sulfide) groups is 1. The fraction of sp³-hybridized carbons (Fsp3) is 0.400. The molecule has 1 aromatic heterocycles. The first-order chi connectivity index (χ1) is 11.2. The molecule has 122 valence electrons. The average Bonchev–Trinajstić information content (AvgIpc) is 3.25. The SMILES string of the molecule is COc1cc(OC)cc(-c2nnc(SCC(=O)NC3CC3)o2)c1. The molecular weight excluding hydrogens is 318 g/mol. The van der Waals surface area contributed by atoms with Crippen LogP contribution in [0, 0.1) is 0 Å². The molecule has 1 amide bonds. The van der Waals surface area contributed by atoms with Crippen molar-refractivity contribution in [3.63, 3.8) is 0 Å². The van der Waals surface area contributed by atoms with E-state index in [2.05, 4.69) is 15.5 Å². The predicted octanol–water partition coefficient (Wildman–Crippen LogP) is 2.12. The van der Waals surface area contributed by atoms with Crippen LogP contribution in [-0.4, -0.2) is 42.1 Å². The van der Waals surface area contributed by atoms with Crippen LogP contribution in [-0.2, 0) is 4.79 Å². The van der Waals surface area contributed by atoms with Crippen molar-refractivity contribution in [2.45, 2.75) is 24.1 Å². The highest BCUT2D eigenvalue weighted by Gasteiger charge is 2.23. The molecule has 0 aliphatic heterocycles. The van der Waals surface area contributed by atoms with E-state index >= 15 is 0 Å². The molecule has 0 spiro atoms. The second kappa shape index (κ2) is 6.91. The molecule has 0 atom stereocenters. The third-order valence-corrected chi connectivity index (χ3v) is 4.09. The molecule has 1 aliphatic carbocycles. The lowest BCUT2D eigenvalue weighted by Gasteiger charge is -2.05. The third-order valence-electron chi connectivity index (χ3n) is 3.27. The standard InChI is InChI=1S/C15H17N3O4S/c1-20-11-5-9(6-12(7-11)21-2)14-17-18-15(22-14)23-8-13(19)16-10-3-4-10/h5-7,10H,3-4,8H2,1-2H3,(H,16,19). The molecule has 0 saturated heterocycles. The number of aromatic nitrogens is 2. The Morgan fingerprint density at radius 1 is 1.26 bits per heavy atom. The van der Waals surface area contributed by atoms with Crippen LogP contribution in [0.4, 0.5) is 0 Å². The van der Waals surface area contributed by atoms with E-state index in [4.69, 9.17) is 13.9 Å². The Hall–Kier alpha value is -2.22. The molecule has 1 aromatic carbocycles. The molecule has 0 unspecified atom stereocenters. The van der Waals surface area contributed by atoms with Crippen molar-refractivity contribution in [1.82, 2.24) is 15.5 Å². The Kier molecular flexibility index (Phi) is 4.71. The van der Waals surface area contributed by atoms with E-state index in [-0.39, 0.29) is 11.7 Å². The molecule has 1 saturated carbocycles. The Balaban J connectivity index is 1.67. The Labute approximate surface area is 137 Å². The zero-order valence-corrected chi connectivity index (χ0v) is 13.7. The number of carbonyl (C=O) groups excluding carboxylic acids is 1. The number of benzene rings is 1. The van der Waals surface area contributed by atoms with Gasteiger partial charge in [-0.05, 0) is 25.0 Å². The van der Waals surface area contributed by atoms with Crippen LogP contribution in [0.1, 0.15) is 12.8 Å². The first kappa shape index (κ1) is 15.7. The average molecular weight is 335 g/mol. The van der Waals surface area contributed by atoms with Gasteiger partial charge in [0.2, 0.25) is 11.8 Å². The van der Waals surface area contributed by atoms with Crippen LogP contribution in [0.2, 0.25) is 0 Å². The minimum Gasteiger partial charge on any atom is -0.497 e. The molecule has 1 fully saturated rings. The summed E-state index contributed by atoms with van der Waals surface area (Å²) in [4.78, 5) is 11.7. The normalized spacial score (nSPS) is 13.7. The quantitative estimate of drug-likeness (QED) is 0.776. The first-order valence-corrected chi connectivity index (χ1v) is 8.15. The maximum absolute atomic E-state index is 11.7. The van der Waals surface area contributed by atoms with E-state index in [1.165, 1.54) is 11.8 Å². The number of ether oxygens (including phenoxy) is 2. The monoisotopic (exact) mass is 335 g/mol. The maximum Gasteiger partial charge on any atom is 0.277 e. The van der Waals surface area contributed by atoms with Gasteiger partial charge in [-0.15, -0.1) is 10.2 Å². The topological polar surface area (TPSA) is 86.5 Å². The number of nitrogens with zero attached hydrogens (tertiary/aromatic N) is 2. The van der Waals surface area contributed by atoms with Crippen LogP contribution in [0.5, 0.6) is 11.5 Å². The predicted molar refractivity (Wildman–Crippen MR) is 84.7 cm³/mol. The summed E-state index contributed by atoms with van der Waals surface area (Å²) < 4.78 is 16.0. The Bertz CT molecular complexity index is 678. The number of carbonyl (C=O) groups is 1. The van der Waals surface area contributed by atoms with Crippen molar-refractivity contribution in [3.05, 3.63) is 18.2 Å². The molecule has 3 rings (SSSR count). The first-order valence-electron chi connectivity index (χ1n) is 7.17. The van der Waals surface area contributed by atoms with Gasteiger partial charge in [-0.3, -0.25) is 4.79 Å². The van der Waals surface area contributed by atoms with E-state index in [9.17, 15) is 4.79 Å². The van der Waals surface area contributed by atoms with Crippen LogP contribution in [0.15, 0.2) is 27.8 Å². The number of amides is 1. The molecule has 1 N–H and O–H groups in total. The molecule has 0 bridgehead atoms. The van der Waals surface area contributed by atoms with Crippen molar-refractivity contribution < 1.29 is 18.7 Å². The molecule has 2 aromatic rings. The minimum absolute atomic E-state index is 0.0136. The molecule has 1 heterocycles. The van der Waals surface area contributed by atoms with E-state index in [0.717, 1.165) is 12.8 Å². The smallest absolute Gasteiger partial charge is 0.277 e. The summed E-state index contributed by atoms with van der Waals surface area (Å²) in [6.07, 6.45) is 2.14. The highest BCUT2D eigenvalue weighted by molar-refractivity contribution is 7.99. The molecule has 23 heavy (non-hydrogen) atoms. The second-order valence-electron chi connectivity index (χ2n) is 5.10. The van der Waals surface area contributed by atoms with Gasteiger partial charge in [0.15, 0.2) is 0 Å². The van der Waals surface area contributed by atoms with Crippen molar-refractivity contribution in [2.75, 3.05) is 20.0 Å². The highest BCUT2D eigenvalue weighted by atomic mass is 32.2. The number of hydrogen-bond acceptors (Lipinski definition) is 7. The van der Waals surface area contributed by atoms with Gasteiger partial charge in [-0.1, -0.05) is 11.8 Å². The van der Waals surface area contributed by atoms with Gasteiger partial charge in [0.25, 0.3) is 5.22 Å². The number of rotatable bonds is 7. The summed E-state index contributed by atoms with van der Waals surface area (Å²) in [5.74, 6) is 1.87. The van der Waals surface area contributed by atoms with Crippen molar-refractivity contribution in [2.24, 2.45) is 0 Å². The summed E-state index contributed by atoms with van der Waals surface area (Å²) in [5.41, 5.74) is 0.697. The number of hydrogen-bond donors (Lipinski definition) is 1. The lowest BCUT2D eigenvalue weighted by Crippen LogP contribution is -2.26. The zero-order valence-electron chi connectivity index (χ0n) is 12.9. The van der Waals surface area contributed by atoms with Gasteiger partial charge in [0.05, 0.1) is 20.0 Å². The fourth-order valence-electron chi connectivity index (χ4n) is 1.94. The van der Waals surface area contributed by atoms with Gasteiger partial charge in [0.1, 0.15) is 11.5 Å². The van der Waals surface area contributed by atoms with Crippen LogP contribution >= 0.6 is 11.8 Å². The van der Waals surface area contributed by atoms with E-state index in [0.29, 0.717) is 34.2 Å². The molecule has 8 heteroatoms. The summed E-state index contributed by atoms with van der Waals surface area (Å²) in [6, 6.07) is 5.68. The molecule has 0 radical (unpaired) electrons. The summed E-state index contributed by atoms with van der Waals surface area (Å²) in [7, 11) is 3.15. The van der Waals surface area contributed by atoms with Crippen LogP contribution < -0.4 is 14.8 Å². The summed E-state index contributed by atoms with van der Waals surface area (Å²) >= 11 is 1.22. The van der Waals surface area contributed by atoms with Crippen LogP contribution in [0.3, 0.4) is 0 Å². The Morgan fingerprint density at radius 2 is 1.96 bits per heavy atom. The summed E-state index contributed by atoms with van der Waals surface area (Å²) in [6.45, 7) is 0. The van der Waals surface area contributed by atoms with Gasteiger partial charge in [-0.2, -0.15) is 0 Å². The third kappa shape index (κ3) is 4.16. The zero-order chi connectivity index (χ0) is 16.2. The van der Waals surface area contributed by atoms with Gasteiger partial charge in [0, 0.05) is 17.7 Å². The van der Waals surface area contributed by atoms with Gasteiger partial charge in [-0.25, -0.2) is 0 Å². The maximum atomic E-state index is 11.7. The Morgan fingerprint density at radius 3 is 2.57 bits per heavy atom. The van der Waals surface area contributed by atoms with Crippen LogP contribution in [0.25, 0.3) is 11.5 Å². The van der Waals surface area contributed by atoms with E-state index < -0.39 is 0 Å². The second-order valence-corrected chi connectivity index (χ2v) is 6.03. The lowest BCUT2D eigenvalue weighted by molar-refractivity contribution is -0.118. The van der Waals surface area contributed by atoms with Crippen molar-refractivity contribution >= 4 is 17.7 Å². The van der Waals surface area contributed by atoms with E-state index in [1.54, 1.807) is 32.4 Å².